The van der Waals surface area contributed by atoms with Gasteiger partial charge in [-0.1, -0.05) is 0 Å². The summed E-state index contributed by atoms with van der Waals surface area (Å²) in [6, 6.07) is 12.7. The molecule has 0 atom stereocenters. The Kier molecular flexibility index (Phi) is 6.80. The van der Waals surface area contributed by atoms with Crippen molar-refractivity contribution in [3.8, 4) is 0 Å². The van der Waals surface area contributed by atoms with Gasteiger partial charge in [0.1, 0.15) is 11.6 Å². The summed E-state index contributed by atoms with van der Waals surface area (Å²) in [6.45, 7) is 2.24. The van der Waals surface area contributed by atoms with Crippen LogP contribution in [0.2, 0.25) is 0 Å². The first kappa shape index (κ1) is 24.0. The maximum Gasteiger partial charge on any atom is 0.243 e. The molecule has 1 aliphatic heterocycles. The molecule has 2 heterocycles. The van der Waals surface area contributed by atoms with Crippen LogP contribution in [-0.2, 0) is 10.0 Å². The van der Waals surface area contributed by atoms with Gasteiger partial charge in [0.2, 0.25) is 16.0 Å². The van der Waals surface area contributed by atoms with Gasteiger partial charge in [-0.05, 0) is 73.9 Å². The first-order valence-corrected chi connectivity index (χ1v) is 12.3. The highest BCUT2D eigenvalue weighted by atomic mass is 32.2. The second-order valence-corrected chi connectivity index (χ2v) is 10.3. The number of hydrogen-bond donors (Lipinski definition) is 4. The van der Waals surface area contributed by atoms with E-state index in [1.807, 2.05) is 0 Å². The van der Waals surface area contributed by atoms with Crippen molar-refractivity contribution in [2.24, 2.45) is 5.73 Å². The summed E-state index contributed by atoms with van der Waals surface area (Å²) in [4.78, 5) is 8.75. The number of anilines is 4. The topological polar surface area (TPSA) is 133 Å². The minimum Gasteiger partial charge on any atom is -0.388 e. The molecule has 1 aromatic heterocycles. The van der Waals surface area contributed by atoms with E-state index >= 15 is 0 Å². The molecule has 9 nitrogen and oxygen atoms in total. The average molecular weight is 487 g/mol. The summed E-state index contributed by atoms with van der Waals surface area (Å²) in [6.07, 6.45) is 2.19. The Morgan fingerprint density at radius 2 is 1.76 bits per heavy atom. The zero-order valence-corrected chi connectivity index (χ0v) is 19.5. The van der Waals surface area contributed by atoms with Crippen molar-refractivity contribution in [2.75, 3.05) is 30.3 Å². The summed E-state index contributed by atoms with van der Waals surface area (Å²) in [7, 11) is -3.67. The van der Waals surface area contributed by atoms with Gasteiger partial charge in [0.25, 0.3) is 0 Å². The second kappa shape index (κ2) is 9.63. The SMILES string of the molecule is Cc1cc(Nc2ccnc(Nc3ccc(S(=O)(=O)N4CCC(O)(CN)CC4)cc3)n2)ccc1F. The molecule has 180 valence electrons. The Morgan fingerprint density at radius 3 is 2.41 bits per heavy atom. The van der Waals surface area contributed by atoms with E-state index in [0.29, 0.717) is 41.5 Å². The number of hydrogen-bond acceptors (Lipinski definition) is 8. The number of nitrogens with one attached hydrogen (secondary N) is 2. The van der Waals surface area contributed by atoms with Gasteiger partial charge in [0.15, 0.2) is 0 Å². The van der Waals surface area contributed by atoms with Crippen molar-refractivity contribution in [3.63, 3.8) is 0 Å². The van der Waals surface area contributed by atoms with Crippen LogP contribution in [0.4, 0.5) is 27.5 Å². The van der Waals surface area contributed by atoms with Crippen LogP contribution in [0.5, 0.6) is 0 Å². The molecule has 4 rings (SSSR count). The van der Waals surface area contributed by atoms with Crippen molar-refractivity contribution in [1.82, 2.24) is 14.3 Å². The minimum atomic E-state index is -3.67. The first-order valence-electron chi connectivity index (χ1n) is 10.8. The Bertz CT molecular complexity index is 1260. The average Bonchev–Trinajstić information content (AvgIpc) is 2.82. The number of aliphatic hydroxyl groups is 1. The van der Waals surface area contributed by atoms with Crippen molar-refractivity contribution >= 4 is 33.2 Å². The van der Waals surface area contributed by atoms with E-state index in [4.69, 9.17) is 5.73 Å². The highest BCUT2D eigenvalue weighted by Gasteiger charge is 2.36. The molecule has 0 aliphatic carbocycles. The van der Waals surface area contributed by atoms with Gasteiger partial charge in [-0.25, -0.2) is 17.8 Å². The van der Waals surface area contributed by atoms with E-state index < -0.39 is 15.6 Å². The fourth-order valence-electron chi connectivity index (χ4n) is 3.69. The molecule has 1 saturated heterocycles. The molecule has 3 aromatic rings. The molecular weight excluding hydrogens is 459 g/mol. The lowest BCUT2D eigenvalue weighted by atomic mass is 9.93. The largest absolute Gasteiger partial charge is 0.388 e. The highest BCUT2D eigenvalue weighted by Crippen LogP contribution is 2.27. The molecule has 2 aromatic carbocycles. The summed E-state index contributed by atoms with van der Waals surface area (Å²) >= 11 is 0. The van der Waals surface area contributed by atoms with E-state index in [1.54, 1.807) is 43.5 Å². The predicted octanol–water partition coefficient (Wildman–Crippen LogP) is 2.89. The van der Waals surface area contributed by atoms with Crippen molar-refractivity contribution in [1.29, 1.82) is 0 Å². The molecule has 0 bridgehead atoms. The predicted molar refractivity (Wildman–Crippen MR) is 128 cm³/mol. The lowest BCUT2D eigenvalue weighted by Gasteiger charge is -2.36. The smallest absolute Gasteiger partial charge is 0.243 e. The Labute approximate surface area is 197 Å². The van der Waals surface area contributed by atoms with Gasteiger partial charge in [0.05, 0.1) is 10.5 Å². The molecule has 0 radical (unpaired) electrons. The fraction of sp³-hybridized carbons (Fsp3) is 0.304. The normalized spacial score (nSPS) is 16.2. The summed E-state index contributed by atoms with van der Waals surface area (Å²) in [5.41, 5.74) is 6.42. The number of rotatable bonds is 7. The van der Waals surface area contributed by atoms with Gasteiger partial charge >= 0.3 is 0 Å². The van der Waals surface area contributed by atoms with Crippen molar-refractivity contribution < 1.29 is 17.9 Å². The third kappa shape index (κ3) is 5.33. The van der Waals surface area contributed by atoms with Crippen LogP contribution in [-0.4, -0.2) is 53.0 Å². The van der Waals surface area contributed by atoms with E-state index in [9.17, 15) is 17.9 Å². The zero-order valence-electron chi connectivity index (χ0n) is 18.7. The maximum absolute atomic E-state index is 13.5. The molecule has 5 N–H and O–H groups in total. The van der Waals surface area contributed by atoms with Crippen LogP contribution < -0.4 is 16.4 Å². The number of sulfonamides is 1. The van der Waals surface area contributed by atoms with Crippen LogP contribution >= 0.6 is 0 Å². The summed E-state index contributed by atoms with van der Waals surface area (Å²) < 4.78 is 40.8. The summed E-state index contributed by atoms with van der Waals surface area (Å²) in [5.74, 6) is 0.556. The lowest BCUT2D eigenvalue weighted by Crippen LogP contribution is -2.50. The standard InChI is InChI=1S/C23H27FN6O3S/c1-16-14-18(4-7-20(16)24)27-21-8-11-26-22(29-21)28-17-2-5-19(6-3-17)34(32,33)30-12-9-23(31,15-25)10-13-30/h2-8,11,14,31H,9-10,12-13,15,25H2,1H3,(H2,26,27,28,29). The van der Waals surface area contributed by atoms with Gasteiger partial charge in [-0.3, -0.25) is 0 Å². The maximum atomic E-state index is 13.5. The van der Waals surface area contributed by atoms with Gasteiger partial charge in [-0.2, -0.15) is 9.29 Å². The quantitative estimate of drug-likeness (QED) is 0.401. The van der Waals surface area contributed by atoms with Crippen LogP contribution in [0.1, 0.15) is 18.4 Å². The van der Waals surface area contributed by atoms with E-state index in [2.05, 4.69) is 20.6 Å². The molecule has 0 saturated carbocycles. The molecule has 1 fully saturated rings. The van der Waals surface area contributed by atoms with Gasteiger partial charge < -0.3 is 21.5 Å². The van der Waals surface area contributed by atoms with E-state index in [0.717, 1.165) is 0 Å². The molecule has 1 aliphatic rings. The lowest BCUT2D eigenvalue weighted by molar-refractivity contribution is 0.00344. The number of aryl methyl sites for hydroxylation is 1. The zero-order chi connectivity index (χ0) is 24.3. The van der Waals surface area contributed by atoms with Crippen LogP contribution in [0.15, 0.2) is 59.6 Å². The van der Waals surface area contributed by atoms with Gasteiger partial charge in [0, 0.05) is 37.2 Å². The molecule has 34 heavy (non-hydrogen) atoms. The molecule has 0 amide bonds. The molecule has 11 heteroatoms. The second-order valence-electron chi connectivity index (χ2n) is 8.34. The number of halogens is 1. The highest BCUT2D eigenvalue weighted by molar-refractivity contribution is 7.89. The Morgan fingerprint density at radius 1 is 1.09 bits per heavy atom. The van der Waals surface area contributed by atoms with E-state index in [1.165, 1.54) is 22.5 Å². The molecule has 0 unspecified atom stereocenters. The minimum absolute atomic E-state index is 0.115. The first-order chi connectivity index (χ1) is 16.2. The third-order valence-electron chi connectivity index (χ3n) is 5.87. The van der Waals surface area contributed by atoms with Gasteiger partial charge in [-0.15, -0.1) is 0 Å². The fourth-order valence-corrected chi connectivity index (χ4v) is 5.14. The van der Waals surface area contributed by atoms with Crippen LogP contribution in [0, 0.1) is 12.7 Å². The third-order valence-corrected chi connectivity index (χ3v) is 7.78. The Balaban J connectivity index is 1.43. The van der Waals surface area contributed by atoms with Crippen LogP contribution in [0.25, 0.3) is 0 Å². The van der Waals surface area contributed by atoms with Crippen molar-refractivity contribution in [2.45, 2.75) is 30.3 Å². The van der Waals surface area contributed by atoms with E-state index in [-0.39, 0.29) is 30.3 Å². The number of nitrogens with zero attached hydrogens (tertiary/aromatic N) is 3. The molecule has 0 spiro atoms. The number of piperidine rings is 1. The summed E-state index contributed by atoms with van der Waals surface area (Å²) in [5, 5.41) is 16.4. The van der Waals surface area contributed by atoms with Crippen molar-refractivity contribution in [3.05, 3.63) is 66.1 Å². The molecular formula is C23H27FN6O3S. The Hall–Kier alpha value is -3.12. The monoisotopic (exact) mass is 486 g/mol. The number of aromatic nitrogens is 2. The number of nitrogens with two attached hydrogens (primary N) is 1. The van der Waals surface area contributed by atoms with Crippen LogP contribution in [0.3, 0.4) is 0 Å². The number of benzene rings is 2.